The van der Waals surface area contributed by atoms with Gasteiger partial charge in [-0.25, -0.2) is 0 Å². The Morgan fingerprint density at radius 3 is 2.47 bits per heavy atom. The second kappa shape index (κ2) is 5.87. The summed E-state index contributed by atoms with van der Waals surface area (Å²) in [4.78, 5) is 0. The molecule has 17 heavy (non-hydrogen) atoms. The molecule has 1 aromatic heterocycles. The smallest absolute Gasteiger partial charge is 0.389 e. The Morgan fingerprint density at radius 1 is 1.24 bits per heavy atom. The van der Waals surface area contributed by atoms with Crippen LogP contribution in [-0.4, -0.2) is 16.9 Å². The van der Waals surface area contributed by atoms with Gasteiger partial charge in [-0.2, -0.15) is 24.5 Å². The van der Waals surface area contributed by atoms with Crippen LogP contribution in [0.2, 0.25) is 0 Å². The molecule has 1 N–H and O–H groups in total. The first kappa shape index (κ1) is 14.5. The van der Waals surface area contributed by atoms with Gasteiger partial charge in [0, 0.05) is 6.42 Å². The molecule has 1 aromatic rings. The zero-order chi connectivity index (χ0) is 12.9. The first-order valence-electron chi connectivity index (χ1n) is 5.59. The third-order valence-electron chi connectivity index (χ3n) is 2.71. The third-order valence-corrected chi connectivity index (χ3v) is 3.44. The fourth-order valence-corrected chi connectivity index (χ4v) is 2.35. The van der Waals surface area contributed by atoms with E-state index < -0.39 is 18.2 Å². The number of aliphatic hydroxyl groups is 1. The van der Waals surface area contributed by atoms with Crippen LogP contribution in [0.1, 0.15) is 38.2 Å². The average molecular weight is 266 g/mol. The Morgan fingerprint density at radius 2 is 1.94 bits per heavy atom. The van der Waals surface area contributed by atoms with Crippen molar-refractivity contribution in [1.29, 1.82) is 0 Å². The maximum atomic E-state index is 12.0. The molecule has 0 bridgehead atoms. The molecule has 0 spiro atoms. The van der Waals surface area contributed by atoms with Crippen molar-refractivity contribution in [2.24, 2.45) is 0 Å². The molecule has 0 aromatic carbocycles. The fraction of sp³-hybridized carbons (Fsp3) is 0.667. The summed E-state index contributed by atoms with van der Waals surface area (Å²) in [5.74, 6) is 0. The van der Waals surface area contributed by atoms with E-state index >= 15 is 0 Å². The number of alkyl halides is 3. The number of thiophene rings is 1. The molecule has 0 saturated heterocycles. The van der Waals surface area contributed by atoms with Gasteiger partial charge in [0.15, 0.2) is 0 Å². The van der Waals surface area contributed by atoms with E-state index in [0.717, 1.165) is 5.56 Å². The molecule has 98 valence electrons. The Balaban J connectivity index is 2.26. The highest BCUT2D eigenvalue weighted by Crippen LogP contribution is 2.27. The highest BCUT2D eigenvalue weighted by molar-refractivity contribution is 7.07. The molecular formula is C12H17F3OS. The van der Waals surface area contributed by atoms with Gasteiger partial charge in [0.25, 0.3) is 0 Å². The molecule has 0 saturated carbocycles. The number of aryl methyl sites for hydroxylation is 1. The van der Waals surface area contributed by atoms with Gasteiger partial charge >= 0.3 is 6.18 Å². The van der Waals surface area contributed by atoms with Crippen LogP contribution >= 0.6 is 11.3 Å². The minimum atomic E-state index is -4.12. The summed E-state index contributed by atoms with van der Waals surface area (Å²) < 4.78 is 35.9. The topological polar surface area (TPSA) is 20.2 Å². The summed E-state index contributed by atoms with van der Waals surface area (Å²) in [6.45, 7) is 1.61. The standard InChI is InChI=1S/C12H17F3OS/c1-11(16,5-2-6-12(13,14)15)7-3-10-4-8-17-9-10/h4,8-9,16H,2-3,5-7H2,1H3. The van der Waals surface area contributed by atoms with Gasteiger partial charge in [0.05, 0.1) is 5.60 Å². The molecule has 0 amide bonds. The van der Waals surface area contributed by atoms with Crippen LogP contribution in [0.3, 0.4) is 0 Å². The van der Waals surface area contributed by atoms with Crippen molar-refractivity contribution in [3.05, 3.63) is 22.4 Å². The normalized spacial score (nSPS) is 15.8. The largest absolute Gasteiger partial charge is 0.390 e. The summed E-state index contributed by atoms with van der Waals surface area (Å²) in [6.07, 6.45) is -3.55. The van der Waals surface area contributed by atoms with Crippen LogP contribution in [0.5, 0.6) is 0 Å². The van der Waals surface area contributed by atoms with Gasteiger partial charge in [-0.1, -0.05) is 0 Å². The molecule has 0 aliphatic rings. The Bertz CT molecular complexity index is 317. The lowest BCUT2D eigenvalue weighted by atomic mass is 9.92. The van der Waals surface area contributed by atoms with E-state index in [2.05, 4.69) is 0 Å². The molecule has 5 heteroatoms. The summed E-state index contributed by atoms with van der Waals surface area (Å²) in [5.41, 5.74) is 0.124. The van der Waals surface area contributed by atoms with Gasteiger partial charge in [0.1, 0.15) is 0 Å². The quantitative estimate of drug-likeness (QED) is 0.819. The second-order valence-electron chi connectivity index (χ2n) is 4.60. The zero-order valence-corrected chi connectivity index (χ0v) is 10.6. The SMILES string of the molecule is CC(O)(CCCC(F)(F)F)CCc1ccsc1. The average Bonchev–Trinajstić information content (AvgIpc) is 2.64. The van der Waals surface area contributed by atoms with E-state index in [0.29, 0.717) is 12.8 Å². The summed E-state index contributed by atoms with van der Waals surface area (Å²) in [5, 5.41) is 13.9. The highest BCUT2D eigenvalue weighted by atomic mass is 32.1. The van der Waals surface area contributed by atoms with E-state index in [1.165, 1.54) is 0 Å². The molecule has 1 heterocycles. The monoisotopic (exact) mass is 266 g/mol. The lowest BCUT2D eigenvalue weighted by molar-refractivity contribution is -0.137. The molecule has 0 fully saturated rings. The lowest BCUT2D eigenvalue weighted by Gasteiger charge is -2.23. The lowest BCUT2D eigenvalue weighted by Crippen LogP contribution is -2.25. The van der Waals surface area contributed by atoms with E-state index in [-0.39, 0.29) is 12.8 Å². The molecule has 1 nitrogen and oxygen atoms in total. The molecule has 1 atom stereocenters. The van der Waals surface area contributed by atoms with Gasteiger partial charge in [0.2, 0.25) is 0 Å². The van der Waals surface area contributed by atoms with Crippen LogP contribution in [0.25, 0.3) is 0 Å². The Hall–Kier alpha value is -0.550. The summed E-state index contributed by atoms with van der Waals surface area (Å²) in [7, 11) is 0. The van der Waals surface area contributed by atoms with Crippen molar-refractivity contribution in [1.82, 2.24) is 0 Å². The third kappa shape index (κ3) is 6.68. The highest BCUT2D eigenvalue weighted by Gasteiger charge is 2.28. The summed E-state index contributed by atoms with van der Waals surface area (Å²) >= 11 is 1.58. The molecule has 0 aliphatic heterocycles. The van der Waals surface area contributed by atoms with Crippen molar-refractivity contribution >= 4 is 11.3 Å². The van der Waals surface area contributed by atoms with Gasteiger partial charge in [-0.15, -0.1) is 0 Å². The second-order valence-corrected chi connectivity index (χ2v) is 5.38. The van der Waals surface area contributed by atoms with Crippen molar-refractivity contribution in [2.45, 2.75) is 50.8 Å². The molecule has 1 rings (SSSR count). The van der Waals surface area contributed by atoms with E-state index in [1.807, 2.05) is 16.8 Å². The minimum Gasteiger partial charge on any atom is -0.390 e. The van der Waals surface area contributed by atoms with Crippen LogP contribution < -0.4 is 0 Å². The Labute approximate surface area is 103 Å². The number of halogens is 3. The molecule has 0 radical (unpaired) electrons. The van der Waals surface area contributed by atoms with Crippen molar-refractivity contribution in [3.8, 4) is 0 Å². The molecular weight excluding hydrogens is 249 g/mol. The summed E-state index contributed by atoms with van der Waals surface area (Å²) in [6, 6.07) is 1.97. The molecule has 0 aliphatic carbocycles. The van der Waals surface area contributed by atoms with Gasteiger partial charge in [-0.05, 0) is 55.0 Å². The van der Waals surface area contributed by atoms with Crippen molar-refractivity contribution < 1.29 is 18.3 Å². The first-order chi connectivity index (χ1) is 7.79. The van der Waals surface area contributed by atoms with Crippen LogP contribution in [0.4, 0.5) is 13.2 Å². The van der Waals surface area contributed by atoms with Crippen molar-refractivity contribution in [3.63, 3.8) is 0 Å². The fourth-order valence-electron chi connectivity index (χ4n) is 1.64. The van der Waals surface area contributed by atoms with Crippen LogP contribution in [-0.2, 0) is 6.42 Å². The van der Waals surface area contributed by atoms with Gasteiger partial charge in [-0.3, -0.25) is 0 Å². The number of hydrogen-bond acceptors (Lipinski definition) is 2. The maximum Gasteiger partial charge on any atom is 0.389 e. The van der Waals surface area contributed by atoms with E-state index in [9.17, 15) is 18.3 Å². The molecule has 1 unspecified atom stereocenters. The predicted molar refractivity (Wildman–Crippen MR) is 63.2 cm³/mol. The number of rotatable bonds is 6. The van der Waals surface area contributed by atoms with Crippen molar-refractivity contribution in [2.75, 3.05) is 0 Å². The minimum absolute atomic E-state index is 0.0138. The van der Waals surface area contributed by atoms with Crippen LogP contribution in [0, 0.1) is 0 Å². The van der Waals surface area contributed by atoms with Gasteiger partial charge < -0.3 is 5.11 Å². The predicted octanol–water partition coefficient (Wildman–Crippen LogP) is 4.16. The van der Waals surface area contributed by atoms with E-state index in [4.69, 9.17) is 0 Å². The Kier molecular flexibility index (Phi) is 5.01. The number of hydrogen-bond donors (Lipinski definition) is 1. The maximum absolute atomic E-state index is 12.0. The van der Waals surface area contributed by atoms with Crippen LogP contribution in [0.15, 0.2) is 16.8 Å². The zero-order valence-electron chi connectivity index (χ0n) is 9.76. The van der Waals surface area contributed by atoms with E-state index in [1.54, 1.807) is 18.3 Å². The first-order valence-corrected chi connectivity index (χ1v) is 6.53.